The van der Waals surface area contributed by atoms with Crippen LogP contribution in [0.2, 0.25) is 0 Å². The molecule has 0 atom stereocenters. The van der Waals surface area contributed by atoms with Crippen LogP contribution in [0.25, 0.3) is 0 Å². The van der Waals surface area contributed by atoms with Gasteiger partial charge in [-0.15, -0.1) is 0 Å². The molecule has 0 radical (unpaired) electrons. The molecule has 16 heavy (non-hydrogen) atoms. The van der Waals surface area contributed by atoms with Crippen molar-refractivity contribution in [3.05, 3.63) is 23.8 Å². The van der Waals surface area contributed by atoms with Gasteiger partial charge in [0, 0.05) is 12.1 Å². The van der Waals surface area contributed by atoms with Crippen LogP contribution in [0.15, 0.2) is 18.2 Å². The first kappa shape index (κ1) is 12.8. The van der Waals surface area contributed by atoms with Crippen molar-refractivity contribution in [3.63, 3.8) is 0 Å². The Bertz CT molecular complexity index is 313. The van der Waals surface area contributed by atoms with Gasteiger partial charge >= 0.3 is 0 Å². The summed E-state index contributed by atoms with van der Waals surface area (Å²) in [6.07, 6.45) is 2.34. The van der Waals surface area contributed by atoms with E-state index in [1.54, 1.807) is 6.07 Å². The van der Waals surface area contributed by atoms with Crippen molar-refractivity contribution >= 4 is 0 Å². The molecule has 0 fully saturated rings. The zero-order chi connectivity index (χ0) is 11.8. The van der Waals surface area contributed by atoms with Crippen molar-refractivity contribution in [2.75, 3.05) is 13.2 Å². The molecule has 2 N–H and O–H groups in total. The number of aromatic hydroxyl groups is 1. The molecule has 0 aliphatic carbocycles. The first-order valence-electron chi connectivity index (χ1n) is 5.94. The summed E-state index contributed by atoms with van der Waals surface area (Å²) >= 11 is 0. The molecule has 0 aliphatic heterocycles. The van der Waals surface area contributed by atoms with Gasteiger partial charge in [0.1, 0.15) is 0 Å². The Hall–Kier alpha value is -1.22. The van der Waals surface area contributed by atoms with E-state index in [1.165, 1.54) is 6.42 Å². The van der Waals surface area contributed by atoms with Crippen molar-refractivity contribution in [2.45, 2.75) is 33.2 Å². The maximum atomic E-state index is 9.91. The second-order valence-corrected chi connectivity index (χ2v) is 3.73. The number of phenolic OH excluding ortho intramolecular Hbond substituents is 1. The predicted octanol–water partition coefficient (Wildman–Crippen LogP) is 2.68. The van der Waals surface area contributed by atoms with Gasteiger partial charge in [-0.05, 0) is 26.0 Å². The maximum absolute atomic E-state index is 9.91. The lowest BCUT2D eigenvalue weighted by Gasteiger charge is -2.10. The van der Waals surface area contributed by atoms with E-state index < -0.39 is 0 Å². The summed E-state index contributed by atoms with van der Waals surface area (Å²) in [6.45, 7) is 6.31. The minimum atomic E-state index is 0.258. The van der Waals surface area contributed by atoms with Crippen LogP contribution >= 0.6 is 0 Å². The smallest absolute Gasteiger partial charge is 0.162 e. The molecular formula is C13H21NO2. The molecule has 3 heteroatoms. The average molecular weight is 223 g/mol. The summed E-state index contributed by atoms with van der Waals surface area (Å²) in [5.41, 5.74) is 0.891. The number of hydrogen-bond acceptors (Lipinski definition) is 3. The Morgan fingerprint density at radius 3 is 2.81 bits per heavy atom. The molecule has 1 rings (SSSR count). The molecular weight excluding hydrogens is 202 g/mol. The minimum absolute atomic E-state index is 0.258. The van der Waals surface area contributed by atoms with E-state index in [9.17, 15) is 5.11 Å². The fourth-order valence-corrected chi connectivity index (χ4v) is 1.51. The van der Waals surface area contributed by atoms with Gasteiger partial charge < -0.3 is 15.2 Å². The van der Waals surface area contributed by atoms with E-state index in [1.807, 2.05) is 19.1 Å². The first-order chi connectivity index (χ1) is 7.79. The van der Waals surface area contributed by atoms with Crippen LogP contribution < -0.4 is 10.1 Å². The molecule has 90 valence electrons. The van der Waals surface area contributed by atoms with E-state index in [2.05, 4.69) is 12.2 Å². The monoisotopic (exact) mass is 223 g/mol. The zero-order valence-corrected chi connectivity index (χ0v) is 10.1. The summed E-state index contributed by atoms with van der Waals surface area (Å²) in [4.78, 5) is 0. The van der Waals surface area contributed by atoms with E-state index in [0.29, 0.717) is 18.9 Å². The number of rotatable bonds is 7. The van der Waals surface area contributed by atoms with Gasteiger partial charge in [-0.25, -0.2) is 0 Å². The maximum Gasteiger partial charge on any atom is 0.162 e. The number of phenols is 1. The average Bonchev–Trinajstić information content (AvgIpc) is 2.29. The SMILES string of the molecule is CCCCNCc1cccc(OCC)c1O. The summed E-state index contributed by atoms with van der Waals surface area (Å²) < 4.78 is 5.33. The molecule has 1 aromatic carbocycles. The lowest BCUT2D eigenvalue weighted by atomic mass is 10.2. The summed E-state index contributed by atoms with van der Waals surface area (Å²) in [5.74, 6) is 0.825. The van der Waals surface area contributed by atoms with Crippen molar-refractivity contribution in [2.24, 2.45) is 0 Å². The molecule has 0 saturated heterocycles. The van der Waals surface area contributed by atoms with E-state index in [-0.39, 0.29) is 5.75 Å². The summed E-state index contributed by atoms with van der Waals surface area (Å²) in [5, 5.41) is 13.2. The molecule has 0 spiro atoms. The standard InChI is InChI=1S/C13H21NO2/c1-3-5-9-14-10-11-7-6-8-12(13(11)15)16-4-2/h6-8,14-15H,3-5,9-10H2,1-2H3. The quantitative estimate of drug-likeness (QED) is 0.698. The van der Waals surface area contributed by atoms with Crippen molar-refractivity contribution < 1.29 is 9.84 Å². The van der Waals surface area contributed by atoms with Crippen molar-refractivity contribution in [1.29, 1.82) is 0 Å². The van der Waals surface area contributed by atoms with Crippen LogP contribution in [0, 0.1) is 0 Å². The van der Waals surface area contributed by atoms with Crippen LogP contribution in [0.4, 0.5) is 0 Å². The van der Waals surface area contributed by atoms with E-state index in [0.717, 1.165) is 18.5 Å². The Balaban J connectivity index is 2.55. The van der Waals surface area contributed by atoms with Crippen LogP contribution in [0.3, 0.4) is 0 Å². The van der Waals surface area contributed by atoms with Gasteiger partial charge in [0.2, 0.25) is 0 Å². The van der Waals surface area contributed by atoms with Crippen LogP contribution in [0.5, 0.6) is 11.5 Å². The highest BCUT2D eigenvalue weighted by Gasteiger charge is 2.06. The number of benzene rings is 1. The topological polar surface area (TPSA) is 41.5 Å². The zero-order valence-electron chi connectivity index (χ0n) is 10.1. The molecule has 0 unspecified atom stereocenters. The number of hydrogen-bond donors (Lipinski definition) is 2. The lowest BCUT2D eigenvalue weighted by Crippen LogP contribution is -2.14. The molecule has 0 amide bonds. The second-order valence-electron chi connectivity index (χ2n) is 3.73. The normalized spacial score (nSPS) is 10.4. The largest absolute Gasteiger partial charge is 0.504 e. The fraction of sp³-hybridized carbons (Fsp3) is 0.538. The first-order valence-corrected chi connectivity index (χ1v) is 5.94. The fourth-order valence-electron chi connectivity index (χ4n) is 1.51. The van der Waals surface area contributed by atoms with Crippen LogP contribution in [-0.2, 0) is 6.54 Å². The number of nitrogens with one attached hydrogen (secondary N) is 1. The molecule has 0 saturated carbocycles. The van der Waals surface area contributed by atoms with Gasteiger partial charge in [-0.2, -0.15) is 0 Å². The third kappa shape index (κ3) is 3.74. The van der Waals surface area contributed by atoms with Gasteiger partial charge in [0.15, 0.2) is 11.5 Å². The van der Waals surface area contributed by atoms with Crippen molar-refractivity contribution in [3.8, 4) is 11.5 Å². The minimum Gasteiger partial charge on any atom is -0.504 e. The molecule has 0 aliphatic rings. The molecule has 0 bridgehead atoms. The lowest BCUT2D eigenvalue weighted by molar-refractivity contribution is 0.316. The van der Waals surface area contributed by atoms with E-state index in [4.69, 9.17) is 4.74 Å². The summed E-state index contributed by atoms with van der Waals surface area (Å²) in [7, 11) is 0. The summed E-state index contributed by atoms with van der Waals surface area (Å²) in [6, 6.07) is 5.60. The predicted molar refractivity (Wildman–Crippen MR) is 65.9 cm³/mol. The van der Waals surface area contributed by atoms with Gasteiger partial charge in [0.05, 0.1) is 6.61 Å². The van der Waals surface area contributed by atoms with Crippen LogP contribution in [0.1, 0.15) is 32.3 Å². The highest BCUT2D eigenvalue weighted by molar-refractivity contribution is 5.45. The number of unbranched alkanes of at least 4 members (excludes halogenated alkanes) is 1. The molecule has 3 nitrogen and oxygen atoms in total. The Labute approximate surface area is 97.4 Å². The third-order valence-electron chi connectivity index (χ3n) is 2.40. The number of para-hydroxylation sites is 1. The van der Waals surface area contributed by atoms with Gasteiger partial charge in [0.25, 0.3) is 0 Å². The number of ether oxygens (including phenoxy) is 1. The molecule has 0 aromatic heterocycles. The second kappa shape index (κ2) is 7.12. The van der Waals surface area contributed by atoms with Gasteiger partial charge in [-0.1, -0.05) is 25.5 Å². The Morgan fingerprint density at radius 2 is 2.12 bits per heavy atom. The van der Waals surface area contributed by atoms with E-state index >= 15 is 0 Å². The highest BCUT2D eigenvalue weighted by atomic mass is 16.5. The highest BCUT2D eigenvalue weighted by Crippen LogP contribution is 2.29. The van der Waals surface area contributed by atoms with Crippen LogP contribution in [-0.4, -0.2) is 18.3 Å². The Kier molecular flexibility index (Phi) is 5.72. The molecule has 1 aromatic rings. The van der Waals surface area contributed by atoms with Crippen molar-refractivity contribution in [1.82, 2.24) is 5.32 Å². The molecule has 0 heterocycles. The van der Waals surface area contributed by atoms with Gasteiger partial charge in [-0.3, -0.25) is 0 Å². The third-order valence-corrected chi connectivity index (χ3v) is 2.40. The Morgan fingerprint density at radius 1 is 1.31 bits per heavy atom.